The number of carbonyl (C=O) groups excluding carboxylic acids is 1. The molecule has 1 rings (SSSR count). The van der Waals surface area contributed by atoms with Crippen LogP contribution in [0.25, 0.3) is 0 Å². The van der Waals surface area contributed by atoms with Gasteiger partial charge in [-0.15, -0.1) is 6.58 Å². The molecule has 0 radical (unpaired) electrons. The molecule has 102 valence electrons. The molecule has 0 spiro atoms. The predicted molar refractivity (Wildman–Crippen MR) is 70.7 cm³/mol. The lowest BCUT2D eigenvalue weighted by Gasteiger charge is -2.18. The summed E-state index contributed by atoms with van der Waals surface area (Å²) < 4.78 is 4.55. The fourth-order valence-corrected chi connectivity index (χ4v) is 1.56. The van der Waals surface area contributed by atoms with Gasteiger partial charge >= 0.3 is 6.16 Å². The maximum Gasteiger partial charge on any atom is 0.505 e. The van der Waals surface area contributed by atoms with Crippen LogP contribution in [0.1, 0.15) is 24.4 Å². The molecule has 1 unspecified atom stereocenters. The molecule has 2 N–H and O–H groups in total. The van der Waals surface area contributed by atoms with Crippen molar-refractivity contribution >= 4 is 12.1 Å². The molecule has 5 nitrogen and oxygen atoms in total. The Bertz CT molecular complexity index is 430. The van der Waals surface area contributed by atoms with Gasteiger partial charge in [-0.25, -0.2) is 4.79 Å². The van der Waals surface area contributed by atoms with Crippen molar-refractivity contribution in [1.29, 1.82) is 0 Å². The van der Waals surface area contributed by atoms with Crippen molar-refractivity contribution in [3.63, 3.8) is 0 Å². The van der Waals surface area contributed by atoms with Crippen LogP contribution in [-0.4, -0.2) is 23.8 Å². The molecule has 5 heteroatoms. The minimum Gasteiger partial charge on any atom is -0.450 e. The maximum absolute atomic E-state index is 11.7. The molecule has 0 aromatic heterocycles. The van der Waals surface area contributed by atoms with Gasteiger partial charge in [0.15, 0.2) is 0 Å². The van der Waals surface area contributed by atoms with Crippen LogP contribution in [0.4, 0.5) is 4.79 Å². The molecule has 0 heterocycles. The van der Waals surface area contributed by atoms with E-state index in [0.29, 0.717) is 12.8 Å². The van der Waals surface area contributed by atoms with E-state index in [0.717, 1.165) is 5.56 Å². The Morgan fingerprint density at radius 3 is 2.63 bits per heavy atom. The summed E-state index contributed by atoms with van der Waals surface area (Å²) in [6, 6.07) is 8.62. The Kier molecular flexibility index (Phi) is 6.15. The standard InChI is InChI=1S/C14H17NO4/c1-2-3-9-13(16)15-12(10-19-14(17)18)11-7-5-4-6-8-11/h2,4-8,12H,1,3,9-10H2,(H,15,16)(H,17,18). The van der Waals surface area contributed by atoms with Gasteiger partial charge in [0.05, 0.1) is 6.04 Å². The van der Waals surface area contributed by atoms with Crippen LogP contribution in [0, 0.1) is 0 Å². The molecule has 0 aliphatic rings. The first-order valence-electron chi connectivity index (χ1n) is 5.94. The number of nitrogens with one attached hydrogen (secondary N) is 1. The van der Waals surface area contributed by atoms with Crippen LogP contribution in [0.3, 0.4) is 0 Å². The van der Waals surface area contributed by atoms with Crippen molar-refractivity contribution in [3.8, 4) is 0 Å². The fraction of sp³-hybridized carbons (Fsp3) is 0.286. The molecular weight excluding hydrogens is 246 g/mol. The van der Waals surface area contributed by atoms with Crippen molar-refractivity contribution in [2.75, 3.05) is 6.61 Å². The molecule has 1 amide bonds. The van der Waals surface area contributed by atoms with Crippen LogP contribution in [0.5, 0.6) is 0 Å². The van der Waals surface area contributed by atoms with E-state index in [2.05, 4.69) is 16.6 Å². The minimum absolute atomic E-state index is 0.112. The first-order valence-corrected chi connectivity index (χ1v) is 5.94. The Morgan fingerprint density at radius 1 is 1.37 bits per heavy atom. The lowest BCUT2D eigenvalue weighted by atomic mass is 10.1. The second kappa shape index (κ2) is 7.92. The average Bonchev–Trinajstić information content (AvgIpc) is 2.42. The predicted octanol–water partition coefficient (Wildman–Crippen LogP) is 2.50. The van der Waals surface area contributed by atoms with E-state index in [1.165, 1.54) is 0 Å². The first kappa shape index (κ1) is 14.8. The van der Waals surface area contributed by atoms with Gasteiger partial charge < -0.3 is 15.2 Å². The Hall–Kier alpha value is -2.30. The van der Waals surface area contributed by atoms with Crippen LogP contribution in [0.2, 0.25) is 0 Å². The monoisotopic (exact) mass is 263 g/mol. The number of carboxylic acid groups (broad SMARTS) is 1. The molecule has 0 aliphatic heterocycles. The molecule has 0 fully saturated rings. The largest absolute Gasteiger partial charge is 0.505 e. The number of carbonyl (C=O) groups is 2. The molecular formula is C14H17NO4. The lowest BCUT2D eigenvalue weighted by Crippen LogP contribution is -2.31. The zero-order chi connectivity index (χ0) is 14.1. The van der Waals surface area contributed by atoms with E-state index in [-0.39, 0.29) is 12.5 Å². The Labute approximate surface area is 111 Å². The van der Waals surface area contributed by atoms with Gasteiger partial charge in [-0.1, -0.05) is 36.4 Å². The highest BCUT2D eigenvalue weighted by molar-refractivity contribution is 5.76. The smallest absolute Gasteiger partial charge is 0.450 e. The number of rotatable bonds is 7. The Balaban J connectivity index is 2.66. The van der Waals surface area contributed by atoms with Crippen molar-refractivity contribution in [2.45, 2.75) is 18.9 Å². The van der Waals surface area contributed by atoms with Crippen LogP contribution < -0.4 is 5.32 Å². The van der Waals surface area contributed by atoms with E-state index in [1.807, 2.05) is 30.3 Å². The number of allylic oxidation sites excluding steroid dienone is 1. The SMILES string of the molecule is C=CCCC(=O)NC(COC(=O)O)c1ccccc1. The molecule has 1 atom stereocenters. The van der Waals surface area contributed by atoms with Crippen LogP contribution in [0.15, 0.2) is 43.0 Å². The van der Waals surface area contributed by atoms with Crippen molar-refractivity contribution < 1.29 is 19.4 Å². The summed E-state index contributed by atoms with van der Waals surface area (Å²) in [5.41, 5.74) is 0.802. The highest BCUT2D eigenvalue weighted by Crippen LogP contribution is 2.13. The van der Waals surface area contributed by atoms with Gasteiger partial charge in [-0.2, -0.15) is 0 Å². The second-order valence-electron chi connectivity index (χ2n) is 3.94. The number of amides is 1. The number of benzene rings is 1. The zero-order valence-electron chi connectivity index (χ0n) is 10.5. The highest BCUT2D eigenvalue weighted by atomic mass is 16.7. The molecule has 0 saturated heterocycles. The fourth-order valence-electron chi connectivity index (χ4n) is 1.56. The van der Waals surface area contributed by atoms with E-state index < -0.39 is 12.2 Å². The van der Waals surface area contributed by atoms with Crippen molar-refractivity contribution in [1.82, 2.24) is 5.32 Å². The van der Waals surface area contributed by atoms with E-state index >= 15 is 0 Å². The zero-order valence-corrected chi connectivity index (χ0v) is 10.5. The van der Waals surface area contributed by atoms with Gasteiger partial charge in [-0.05, 0) is 12.0 Å². The lowest BCUT2D eigenvalue weighted by molar-refractivity contribution is -0.122. The molecule has 1 aromatic rings. The van der Waals surface area contributed by atoms with Crippen molar-refractivity contribution in [2.24, 2.45) is 0 Å². The van der Waals surface area contributed by atoms with Gasteiger partial charge in [0.2, 0.25) is 5.91 Å². The summed E-state index contributed by atoms with van der Waals surface area (Å²) >= 11 is 0. The summed E-state index contributed by atoms with van der Waals surface area (Å²) in [5.74, 6) is -0.164. The van der Waals surface area contributed by atoms with Gasteiger partial charge in [0.25, 0.3) is 0 Å². The summed E-state index contributed by atoms with van der Waals surface area (Å²) in [4.78, 5) is 22.1. The maximum atomic E-state index is 11.7. The summed E-state index contributed by atoms with van der Waals surface area (Å²) in [6.07, 6.45) is 1.19. The molecule has 0 aliphatic carbocycles. The third-order valence-corrected chi connectivity index (χ3v) is 2.49. The van der Waals surface area contributed by atoms with E-state index in [4.69, 9.17) is 5.11 Å². The molecule has 19 heavy (non-hydrogen) atoms. The summed E-state index contributed by atoms with van der Waals surface area (Å²) in [7, 11) is 0. The summed E-state index contributed by atoms with van der Waals surface area (Å²) in [5, 5.41) is 11.3. The third-order valence-electron chi connectivity index (χ3n) is 2.49. The van der Waals surface area contributed by atoms with Gasteiger partial charge in [-0.3, -0.25) is 4.79 Å². The number of hydrogen-bond acceptors (Lipinski definition) is 3. The topological polar surface area (TPSA) is 75.6 Å². The Morgan fingerprint density at radius 2 is 2.05 bits per heavy atom. The molecule has 0 saturated carbocycles. The normalized spacial score (nSPS) is 11.4. The van der Waals surface area contributed by atoms with E-state index in [9.17, 15) is 9.59 Å². The minimum atomic E-state index is -1.36. The van der Waals surface area contributed by atoms with E-state index in [1.54, 1.807) is 6.08 Å². The van der Waals surface area contributed by atoms with Gasteiger partial charge in [0, 0.05) is 6.42 Å². The first-order chi connectivity index (χ1) is 9.13. The summed E-state index contributed by atoms with van der Waals surface area (Å²) in [6.45, 7) is 3.44. The quantitative estimate of drug-likeness (QED) is 0.585. The average molecular weight is 263 g/mol. The second-order valence-corrected chi connectivity index (χ2v) is 3.94. The number of hydrogen-bond donors (Lipinski definition) is 2. The van der Waals surface area contributed by atoms with Crippen LogP contribution in [-0.2, 0) is 9.53 Å². The molecule has 1 aromatic carbocycles. The molecule has 0 bridgehead atoms. The highest BCUT2D eigenvalue weighted by Gasteiger charge is 2.16. The third kappa shape index (κ3) is 5.72. The van der Waals surface area contributed by atoms with Gasteiger partial charge in [0.1, 0.15) is 6.61 Å². The van der Waals surface area contributed by atoms with Crippen LogP contribution >= 0.6 is 0 Å². The van der Waals surface area contributed by atoms with Crippen molar-refractivity contribution in [3.05, 3.63) is 48.6 Å². The number of ether oxygens (including phenoxy) is 1.